The third-order valence-corrected chi connectivity index (χ3v) is 4.36. The molecule has 0 aliphatic carbocycles. The van der Waals surface area contributed by atoms with Crippen LogP contribution in [0.4, 0.5) is 8.78 Å². The molecule has 1 aliphatic rings. The van der Waals surface area contributed by atoms with Gasteiger partial charge >= 0.3 is 0 Å². The molecule has 25 heavy (non-hydrogen) atoms. The van der Waals surface area contributed by atoms with Crippen LogP contribution < -0.4 is 5.32 Å². The Hall–Kier alpha value is -2.31. The zero-order valence-electron chi connectivity index (χ0n) is 13.7. The monoisotopic (exact) mass is 346 g/mol. The zero-order chi connectivity index (χ0) is 17.8. The summed E-state index contributed by atoms with van der Waals surface area (Å²) in [6, 6.07) is 12.6. The van der Waals surface area contributed by atoms with Gasteiger partial charge in [0.05, 0.1) is 6.10 Å². The molecule has 4 nitrogen and oxygen atoms in total. The van der Waals surface area contributed by atoms with Crippen molar-refractivity contribution in [2.45, 2.75) is 25.1 Å². The van der Waals surface area contributed by atoms with Crippen LogP contribution in [0.25, 0.3) is 0 Å². The second-order valence-electron chi connectivity index (χ2n) is 6.33. The third-order valence-electron chi connectivity index (χ3n) is 4.36. The molecule has 1 saturated heterocycles. The lowest BCUT2D eigenvalue weighted by atomic mass is 10.1. The molecule has 2 atom stereocenters. The van der Waals surface area contributed by atoms with E-state index in [1.54, 1.807) is 0 Å². The highest BCUT2D eigenvalue weighted by molar-refractivity contribution is 5.94. The summed E-state index contributed by atoms with van der Waals surface area (Å²) < 4.78 is 26.4. The molecule has 1 heterocycles. The van der Waals surface area contributed by atoms with E-state index in [4.69, 9.17) is 0 Å². The van der Waals surface area contributed by atoms with Crippen molar-refractivity contribution in [2.24, 2.45) is 0 Å². The Balaban J connectivity index is 1.61. The summed E-state index contributed by atoms with van der Waals surface area (Å²) in [5.74, 6) is -2.10. The number of carbonyl (C=O) groups excluding carboxylic acids is 1. The lowest BCUT2D eigenvalue weighted by Crippen LogP contribution is -2.39. The van der Waals surface area contributed by atoms with Gasteiger partial charge in [-0.1, -0.05) is 30.3 Å². The molecule has 2 unspecified atom stereocenters. The van der Waals surface area contributed by atoms with Gasteiger partial charge in [-0.2, -0.15) is 0 Å². The van der Waals surface area contributed by atoms with E-state index < -0.39 is 23.6 Å². The molecule has 6 heteroatoms. The Morgan fingerprint density at radius 3 is 2.52 bits per heavy atom. The van der Waals surface area contributed by atoms with Crippen LogP contribution in [0.5, 0.6) is 0 Å². The van der Waals surface area contributed by atoms with Crippen LogP contribution in [0.3, 0.4) is 0 Å². The molecule has 2 aromatic rings. The Bertz CT molecular complexity index is 719. The van der Waals surface area contributed by atoms with Gasteiger partial charge in [0, 0.05) is 37.3 Å². The number of amides is 1. The lowest BCUT2D eigenvalue weighted by molar-refractivity contribution is 0.0939. The largest absolute Gasteiger partial charge is 0.392 e. The van der Waals surface area contributed by atoms with Gasteiger partial charge < -0.3 is 10.4 Å². The molecule has 1 aliphatic heterocycles. The summed E-state index contributed by atoms with van der Waals surface area (Å²) in [6.07, 6.45) is 0.0992. The predicted octanol–water partition coefficient (Wildman–Crippen LogP) is 2.33. The molecular weight excluding hydrogens is 326 g/mol. The molecule has 2 aromatic carbocycles. The first kappa shape index (κ1) is 17.5. The Labute approximate surface area is 145 Å². The Morgan fingerprint density at radius 1 is 1.16 bits per heavy atom. The second kappa shape index (κ2) is 7.72. The van der Waals surface area contributed by atoms with Gasteiger partial charge in [0.15, 0.2) is 0 Å². The molecule has 1 fully saturated rings. The molecule has 1 amide bonds. The van der Waals surface area contributed by atoms with Gasteiger partial charge in [-0.25, -0.2) is 8.78 Å². The minimum absolute atomic E-state index is 0.0300. The highest BCUT2D eigenvalue weighted by Crippen LogP contribution is 2.20. The number of aliphatic hydroxyl groups excluding tert-OH is 1. The van der Waals surface area contributed by atoms with E-state index in [1.807, 2.05) is 30.3 Å². The topological polar surface area (TPSA) is 52.6 Å². The first-order valence-corrected chi connectivity index (χ1v) is 8.21. The highest BCUT2D eigenvalue weighted by atomic mass is 19.1. The summed E-state index contributed by atoms with van der Waals surface area (Å²) >= 11 is 0. The molecule has 3 rings (SSSR count). The van der Waals surface area contributed by atoms with Crippen LogP contribution >= 0.6 is 0 Å². The van der Waals surface area contributed by atoms with E-state index in [0.29, 0.717) is 26.1 Å². The second-order valence-corrected chi connectivity index (χ2v) is 6.33. The maximum atomic E-state index is 13.2. The molecule has 0 radical (unpaired) electrons. The molecule has 2 N–H and O–H groups in total. The number of halogens is 2. The van der Waals surface area contributed by atoms with Crippen molar-refractivity contribution in [1.29, 1.82) is 0 Å². The van der Waals surface area contributed by atoms with Crippen molar-refractivity contribution < 1.29 is 18.7 Å². The average Bonchev–Trinajstić information content (AvgIpc) is 2.92. The van der Waals surface area contributed by atoms with Gasteiger partial charge in [0.1, 0.15) is 11.6 Å². The Morgan fingerprint density at radius 2 is 1.84 bits per heavy atom. The fourth-order valence-electron chi connectivity index (χ4n) is 3.18. The van der Waals surface area contributed by atoms with Gasteiger partial charge in [0.25, 0.3) is 5.91 Å². The average molecular weight is 346 g/mol. The fourth-order valence-corrected chi connectivity index (χ4v) is 3.18. The molecule has 0 bridgehead atoms. The molecular formula is C19H20F2N2O2. The van der Waals surface area contributed by atoms with E-state index in [0.717, 1.165) is 23.8 Å². The number of rotatable bonds is 5. The van der Waals surface area contributed by atoms with Crippen LogP contribution in [-0.2, 0) is 6.54 Å². The van der Waals surface area contributed by atoms with Crippen molar-refractivity contribution in [1.82, 2.24) is 10.2 Å². The van der Waals surface area contributed by atoms with Crippen LogP contribution in [0.1, 0.15) is 22.3 Å². The normalized spacial score (nSPS) is 20.6. The van der Waals surface area contributed by atoms with Crippen molar-refractivity contribution in [3.63, 3.8) is 0 Å². The summed E-state index contributed by atoms with van der Waals surface area (Å²) in [4.78, 5) is 14.2. The van der Waals surface area contributed by atoms with Gasteiger partial charge in [-0.05, 0) is 24.1 Å². The number of β-amino-alcohol motifs (C(OH)–C–C–N with tert-alkyl or cyclic N) is 1. The van der Waals surface area contributed by atoms with Gasteiger partial charge in [-0.15, -0.1) is 0 Å². The van der Waals surface area contributed by atoms with Crippen LogP contribution in [0.2, 0.25) is 0 Å². The number of hydrogen-bond acceptors (Lipinski definition) is 3. The molecule has 0 aromatic heterocycles. The van der Waals surface area contributed by atoms with Gasteiger partial charge in [0.2, 0.25) is 0 Å². The molecule has 0 spiro atoms. The molecule has 132 valence electrons. The number of likely N-dealkylation sites (tertiary alicyclic amines) is 1. The van der Waals surface area contributed by atoms with Gasteiger partial charge in [-0.3, -0.25) is 9.69 Å². The predicted molar refractivity (Wildman–Crippen MR) is 90.0 cm³/mol. The minimum Gasteiger partial charge on any atom is -0.392 e. The third kappa shape index (κ3) is 4.61. The number of carbonyl (C=O) groups is 1. The number of nitrogens with zero attached hydrogens (tertiary/aromatic N) is 1. The number of aliphatic hydroxyl groups is 1. The SMILES string of the molecule is O=C(NCC1CC(O)CN1Cc1ccccc1)c1cc(F)cc(F)c1. The van der Waals surface area contributed by atoms with Crippen molar-refractivity contribution in [3.8, 4) is 0 Å². The van der Waals surface area contributed by atoms with Crippen molar-refractivity contribution in [2.75, 3.05) is 13.1 Å². The quantitative estimate of drug-likeness (QED) is 0.874. The first-order chi connectivity index (χ1) is 12.0. The van der Waals surface area contributed by atoms with E-state index in [2.05, 4.69) is 10.2 Å². The summed E-state index contributed by atoms with van der Waals surface area (Å²) in [6.45, 7) is 1.51. The highest BCUT2D eigenvalue weighted by Gasteiger charge is 2.31. The van der Waals surface area contributed by atoms with Crippen LogP contribution in [0, 0.1) is 11.6 Å². The number of nitrogens with one attached hydrogen (secondary N) is 1. The van der Waals surface area contributed by atoms with Crippen LogP contribution in [-0.4, -0.2) is 41.1 Å². The smallest absolute Gasteiger partial charge is 0.251 e. The fraction of sp³-hybridized carbons (Fsp3) is 0.316. The zero-order valence-corrected chi connectivity index (χ0v) is 13.7. The van der Waals surface area contributed by atoms with Crippen molar-refractivity contribution in [3.05, 3.63) is 71.3 Å². The first-order valence-electron chi connectivity index (χ1n) is 8.21. The van der Waals surface area contributed by atoms with E-state index in [9.17, 15) is 18.7 Å². The molecule has 0 saturated carbocycles. The minimum atomic E-state index is -0.785. The van der Waals surface area contributed by atoms with E-state index >= 15 is 0 Å². The standard InChI is InChI=1S/C19H20F2N2O2/c20-15-6-14(7-16(21)8-15)19(25)22-10-17-9-18(24)12-23(17)11-13-4-2-1-3-5-13/h1-8,17-18,24H,9-12H2,(H,22,25). The number of benzene rings is 2. The van der Waals surface area contributed by atoms with E-state index in [-0.39, 0.29) is 11.6 Å². The van der Waals surface area contributed by atoms with Crippen molar-refractivity contribution >= 4 is 5.91 Å². The summed E-state index contributed by atoms with van der Waals surface area (Å²) in [7, 11) is 0. The maximum Gasteiger partial charge on any atom is 0.251 e. The lowest BCUT2D eigenvalue weighted by Gasteiger charge is -2.24. The maximum absolute atomic E-state index is 13.2. The van der Waals surface area contributed by atoms with E-state index in [1.165, 1.54) is 0 Å². The Kier molecular flexibility index (Phi) is 5.40. The summed E-state index contributed by atoms with van der Waals surface area (Å²) in [5, 5.41) is 12.7. The number of hydrogen-bond donors (Lipinski definition) is 2. The van der Waals surface area contributed by atoms with Crippen LogP contribution in [0.15, 0.2) is 48.5 Å². The summed E-state index contributed by atoms with van der Waals surface area (Å²) in [5.41, 5.74) is 1.07.